The zero-order valence-electron chi connectivity index (χ0n) is 15.6. The lowest BCUT2D eigenvalue weighted by Gasteiger charge is -2.18. The summed E-state index contributed by atoms with van der Waals surface area (Å²) in [6.45, 7) is 2.35. The van der Waals surface area contributed by atoms with Gasteiger partial charge in [0.1, 0.15) is 10.6 Å². The predicted octanol–water partition coefficient (Wildman–Crippen LogP) is 2.96. The topological polar surface area (TPSA) is 85.5 Å². The number of rotatable bonds is 5. The molecule has 1 saturated heterocycles. The molecule has 4 rings (SSSR count). The number of nitrogens with zero attached hydrogens (tertiary/aromatic N) is 3. The van der Waals surface area contributed by atoms with Gasteiger partial charge in [0, 0.05) is 19.0 Å². The first-order chi connectivity index (χ1) is 13.5. The molecule has 1 aliphatic heterocycles. The molecule has 1 aromatic heterocycles. The number of aryl methyl sites for hydroxylation is 1. The third-order valence-electron chi connectivity index (χ3n) is 5.06. The van der Waals surface area contributed by atoms with Gasteiger partial charge < -0.3 is 9.26 Å². The second-order valence-electron chi connectivity index (χ2n) is 6.78. The highest BCUT2D eigenvalue weighted by molar-refractivity contribution is 7.89. The van der Waals surface area contributed by atoms with E-state index in [1.165, 1.54) is 11.4 Å². The van der Waals surface area contributed by atoms with Crippen LogP contribution in [0.2, 0.25) is 0 Å². The summed E-state index contributed by atoms with van der Waals surface area (Å²) in [7, 11) is -2.27. The highest BCUT2D eigenvalue weighted by Crippen LogP contribution is 2.42. The molecule has 2 aromatic carbocycles. The van der Waals surface area contributed by atoms with Crippen LogP contribution in [0.5, 0.6) is 5.75 Å². The van der Waals surface area contributed by atoms with Gasteiger partial charge in [0.25, 0.3) is 0 Å². The van der Waals surface area contributed by atoms with E-state index in [4.69, 9.17) is 9.26 Å². The van der Waals surface area contributed by atoms with Gasteiger partial charge in [-0.25, -0.2) is 8.42 Å². The number of ether oxygens (including phenoxy) is 1. The average Bonchev–Trinajstić information content (AvgIpc) is 3.35. The number of para-hydroxylation sites is 1. The molecule has 0 amide bonds. The summed E-state index contributed by atoms with van der Waals surface area (Å²) < 4.78 is 38.9. The van der Waals surface area contributed by atoms with Gasteiger partial charge >= 0.3 is 0 Å². The molecule has 2 atom stereocenters. The fourth-order valence-corrected chi connectivity index (χ4v) is 5.33. The summed E-state index contributed by atoms with van der Waals surface area (Å²) in [5.41, 5.74) is 1.04. The first-order valence-electron chi connectivity index (χ1n) is 8.99. The van der Waals surface area contributed by atoms with E-state index in [0.29, 0.717) is 24.0 Å². The van der Waals surface area contributed by atoms with Gasteiger partial charge in [-0.1, -0.05) is 47.6 Å². The minimum Gasteiger partial charge on any atom is -0.495 e. The van der Waals surface area contributed by atoms with Crippen molar-refractivity contribution in [3.63, 3.8) is 0 Å². The second kappa shape index (κ2) is 7.37. The molecule has 0 aliphatic carbocycles. The van der Waals surface area contributed by atoms with Crippen LogP contribution < -0.4 is 4.74 Å². The van der Waals surface area contributed by atoms with Crippen molar-refractivity contribution in [3.05, 3.63) is 71.9 Å². The van der Waals surface area contributed by atoms with Crippen molar-refractivity contribution in [2.75, 3.05) is 20.2 Å². The van der Waals surface area contributed by atoms with Crippen LogP contribution in [-0.4, -0.2) is 43.1 Å². The summed E-state index contributed by atoms with van der Waals surface area (Å²) in [5, 5.41) is 3.89. The Morgan fingerprint density at radius 2 is 1.71 bits per heavy atom. The van der Waals surface area contributed by atoms with Crippen molar-refractivity contribution in [2.45, 2.75) is 23.7 Å². The fraction of sp³-hybridized carbons (Fsp3) is 0.300. The van der Waals surface area contributed by atoms with E-state index in [2.05, 4.69) is 10.1 Å². The third-order valence-corrected chi connectivity index (χ3v) is 6.93. The molecule has 0 N–H and O–H groups in total. The summed E-state index contributed by atoms with van der Waals surface area (Å²) in [6.07, 6.45) is 0. The molecule has 0 spiro atoms. The first kappa shape index (κ1) is 18.6. The summed E-state index contributed by atoms with van der Waals surface area (Å²) in [5.74, 6) is 1.03. The van der Waals surface area contributed by atoms with Crippen molar-refractivity contribution in [3.8, 4) is 5.75 Å². The van der Waals surface area contributed by atoms with Crippen LogP contribution >= 0.6 is 0 Å². The van der Waals surface area contributed by atoms with Gasteiger partial charge in [-0.15, -0.1) is 0 Å². The zero-order valence-corrected chi connectivity index (χ0v) is 16.5. The van der Waals surface area contributed by atoms with Crippen molar-refractivity contribution < 1.29 is 17.7 Å². The molecule has 146 valence electrons. The van der Waals surface area contributed by atoms with E-state index in [9.17, 15) is 8.42 Å². The number of benzene rings is 2. The third kappa shape index (κ3) is 3.29. The Morgan fingerprint density at radius 3 is 2.39 bits per heavy atom. The number of hydrogen-bond acceptors (Lipinski definition) is 6. The molecular formula is C20H21N3O4S. The van der Waals surface area contributed by atoms with Crippen molar-refractivity contribution in [2.24, 2.45) is 0 Å². The fourth-order valence-electron chi connectivity index (χ4n) is 3.69. The highest BCUT2D eigenvalue weighted by Gasteiger charge is 2.43. The standard InChI is InChI=1S/C20H21N3O4S/c1-14-21-20(27-22-14)17-13-23(12-16(17)15-8-4-3-5-9-15)28(24,25)19-11-7-6-10-18(19)26-2/h3-11,16-17H,12-13H2,1-2H3/t16-,17+/m1/s1. The molecule has 1 fully saturated rings. The van der Waals surface area contributed by atoms with E-state index in [1.807, 2.05) is 30.3 Å². The van der Waals surface area contributed by atoms with Crippen LogP contribution in [0.1, 0.15) is 29.1 Å². The van der Waals surface area contributed by atoms with E-state index >= 15 is 0 Å². The first-order valence-corrected chi connectivity index (χ1v) is 10.4. The van der Waals surface area contributed by atoms with Crippen LogP contribution in [-0.2, 0) is 10.0 Å². The maximum atomic E-state index is 13.4. The largest absolute Gasteiger partial charge is 0.495 e. The summed E-state index contributed by atoms with van der Waals surface area (Å²) in [6, 6.07) is 16.5. The molecular weight excluding hydrogens is 378 g/mol. The number of methoxy groups -OCH3 is 1. The Bertz CT molecular complexity index is 1070. The molecule has 2 heterocycles. The van der Waals surface area contributed by atoms with E-state index in [1.54, 1.807) is 31.2 Å². The van der Waals surface area contributed by atoms with Gasteiger partial charge in [-0.2, -0.15) is 9.29 Å². The van der Waals surface area contributed by atoms with Gasteiger partial charge in [0.15, 0.2) is 5.82 Å². The van der Waals surface area contributed by atoms with Gasteiger partial charge in [0.2, 0.25) is 15.9 Å². The molecule has 28 heavy (non-hydrogen) atoms. The smallest absolute Gasteiger partial charge is 0.246 e. The van der Waals surface area contributed by atoms with E-state index < -0.39 is 10.0 Å². The van der Waals surface area contributed by atoms with Crippen molar-refractivity contribution >= 4 is 10.0 Å². The minimum atomic E-state index is -3.74. The Balaban J connectivity index is 1.73. The minimum absolute atomic E-state index is 0.0782. The number of aromatic nitrogens is 2. The maximum absolute atomic E-state index is 13.4. The van der Waals surface area contributed by atoms with Crippen LogP contribution in [0.3, 0.4) is 0 Å². The Labute approximate surface area is 164 Å². The molecule has 0 radical (unpaired) electrons. The quantitative estimate of drug-likeness (QED) is 0.656. The lowest BCUT2D eigenvalue weighted by Crippen LogP contribution is -2.29. The Morgan fingerprint density at radius 1 is 1.04 bits per heavy atom. The zero-order chi connectivity index (χ0) is 19.7. The maximum Gasteiger partial charge on any atom is 0.246 e. The van der Waals surface area contributed by atoms with Gasteiger partial charge in [-0.3, -0.25) is 0 Å². The van der Waals surface area contributed by atoms with E-state index in [0.717, 1.165) is 5.56 Å². The van der Waals surface area contributed by atoms with Crippen molar-refractivity contribution in [1.82, 2.24) is 14.4 Å². The highest BCUT2D eigenvalue weighted by atomic mass is 32.2. The van der Waals surface area contributed by atoms with E-state index in [-0.39, 0.29) is 23.3 Å². The SMILES string of the molecule is COc1ccccc1S(=O)(=O)N1C[C@H](c2ccccc2)[C@@H](c2nc(C)no2)C1. The van der Waals surface area contributed by atoms with Crippen LogP contribution in [0.4, 0.5) is 0 Å². The molecule has 0 saturated carbocycles. The Hall–Kier alpha value is -2.71. The molecule has 3 aromatic rings. The summed E-state index contributed by atoms with van der Waals surface area (Å²) in [4.78, 5) is 4.53. The molecule has 8 heteroatoms. The molecule has 7 nitrogen and oxygen atoms in total. The number of hydrogen-bond donors (Lipinski definition) is 0. The van der Waals surface area contributed by atoms with Crippen LogP contribution in [0, 0.1) is 6.92 Å². The van der Waals surface area contributed by atoms with Crippen LogP contribution in [0.25, 0.3) is 0 Å². The lowest BCUT2D eigenvalue weighted by atomic mass is 9.89. The Kier molecular flexibility index (Phi) is 4.91. The lowest BCUT2D eigenvalue weighted by molar-refractivity contribution is 0.345. The summed E-state index contributed by atoms with van der Waals surface area (Å²) >= 11 is 0. The van der Waals surface area contributed by atoms with Gasteiger partial charge in [-0.05, 0) is 24.6 Å². The van der Waals surface area contributed by atoms with Crippen molar-refractivity contribution in [1.29, 1.82) is 0 Å². The van der Waals surface area contributed by atoms with Gasteiger partial charge in [0.05, 0.1) is 13.0 Å². The predicted molar refractivity (Wildman–Crippen MR) is 103 cm³/mol. The monoisotopic (exact) mass is 399 g/mol. The average molecular weight is 399 g/mol. The van der Waals surface area contributed by atoms with Crippen LogP contribution in [0.15, 0.2) is 64.0 Å². The second-order valence-corrected chi connectivity index (χ2v) is 8.68. The molecule has 0 bridgehead atoms. The molecule has 0 unspecified atom stereocenters. The number of sulfonamides is 1. The molecule has 1 aliphatic rings. The normalized spacial score (nSPS) is 20.4.